The summed E-state index contributed by atoms with van der Waals surface area (Å²) in [6.07, 6.45) is 2.04. The lowest BCUT2D eigenvalue weighted by Gasteiger charge is -2.18. The molecule has 0 bridgehead atoms. The van der Waals surface area contributed by atoms with E-state index in [9.17, 15) is 9.59 Å². The van der Waals surface area contributed by atoms with Crippen LogP contribution in [-0.2, 0) is 22.4 Å². The van der Waals surface area contributed by atoms with Gasteiger partial charge in [0.2, 0.25) is 11.8 Å². The molecule has 4 nitrogen and oxygen atoms in total. The number of aryl methyl sites for hydroxylation is 3. The van der Waals surface area contributed by atoms with Gasteiger partial charge in [-0.2, -0.15) is 0 Å². The number of amides is 2. The van der Waals surface area contributed by atoms with Crippen LogP contribution in [0.5, 0.6) is 0 Å². The summed E-state index contributed by atoms with van der Waals surface area (Å²) in [4.78, 5) is 27.0. The molecule has 1 N–H and O–H groups in total. The number of rotatable bonds is 5. The molecule has 0 spiro atoms. The van der Waals surface area contributed by atoms with Crippen molar-refractivity contribution in [3.8, 4) is 0 Å². The molecule has 27 heavy (non-hydrogen) atoms. The number of carbonyl (C=O) groups is 2. The van der Waals surface area contributed by atoms with Crippen LogP contribution >= 0.6 is 15.9 Å². The Bertz CT molecular complexity index is 861. The van der Waals surface area contributed by atoms with Crippen molar-refractivity contribution in [3.63, 3.8) is 0 Å². The Morgan fingerprint density at radius 2 is 1.89 bits per heavy atom. The number of carbonyl (C=O) groups excluding carboxylic acids is 2. The van der Waals surface area contributed by atoms with E-state index in [4.69, 9.17) is 0 Å². The predicted octanol–water partition coefficient (Wildman–Crippen LogP) is 4.87. The van der Waals surface area contributed by atoms with Crippen molar-refractivity contribution in [2.75, 3.05) is 16.8 Å². The SMILES string of the molecule is CCc1ccc(N2C[C@H](C(=O)Nc3c(C)cc(Br)cc3CC)CC2=O)cc1. The minimum absolute atomic E-state index is 0.00245. The van der Waals surface area contributed by atoms with Crippen LogP contribution in [0.1, 0.15) is 37.0 Å². The average molecular weight is 429 g/mol. The zero-order valence-electron chi connectivity index (χ0n) is 16.0. The Morgan fingerprint density at radius 1 is 1.19 bits per heavy atom. The van der Waals surface area contributed by atoms with Gasteiger partial charge in [-0.3, -0.25) is 9.59 Å². The van der Waals surface area contributed by atoms with E-state index in [1.54, 1.807) is 4.90 Å². The lowest BCUT2D eigenvalue weighted by molar-refractivity contribution is -0.122. The molecule has 1 saturated heterocycles. The molecule has 0 saturated carbocycles. The Labute approximate surface area is 169 Å². The fraction of sp³-hybridized carbons (Fsp3) is 0.364. The molecule has 5 heteroatoms. The highest BCUT2D eigenvalue weighted by Gasteiger charge is 2.35. The summed E-state index contributed by atoms with van der Waals surface area (Å²) in [5.74, 6) is -0.421. The predicted molar refractivity (Wildman–Crippen MR) is 113 cm³/mol. The van der Waals surface area contributed by atoms with Crippen LogP contribution in [-0.4, -0.2) is 18.4 Å². The molecular weight excluding hydrogens is 404 g/mol. The van der Waals surface area contributed by atoms with Crippen molar-refractivity contribution < 1.29 is 9.59 Å². The van der Waals surface area contributed by atoms with Gasteiger partial charge in [0.25, 0.3) is 0 Å². The molecule has 142 valence electrons. The van der Waals surface area contributed by atoms with Crippen molar-refractivity contribution in [2.24, 2.45) is 5.92 Å². The minimum Gasteiger partial charge on any atom is -0.325 e. The van der Waals surface area contributed by atoms with Gasteiger partial charge in [0.1, 0.15) is 0 Å². The Kier molecular flexibility index (Phi) is 6.00. The van der Waals surface area contributed by atoms with Gasteiger partial charge in [-0.1, -0.05) is 41.9 Å². The van der Waals surface area contributed by atoms with Gasteiger partial charge in [0, 0.05) is 28.8 Å². The zero-order valence-corrected chi connectivity index (χ0v) is 17.6. The Hall–Kier alpha value is -2.14. The van der Waals surface area contributed by atoms with Crippen molar-refractivity contribution in [1.29, 1.82) is 0 Å². The number of hydrogen-bond acceptors (Lipinski definition) is 2. The van der Waals surface area contributed by atoms with Gasteiger partial charge in [-0.25, -0.2) is 0 Å². The summed E-state index contributed by atoms with van der Waals surface area (Å²) < 4.78 is 1.01. The van der Waals surface area contributed by atoms with Gasteiger partial charge >= 0.3 is 0 Å². The first-order chi connectivity index (χ1) is 12.9. The first-order valence-electron chi connectivity index (χ1n) is 9.42. The van der Waals surface area contributed by atoms with E-state index in [2.05, 4.69) is 35.1 Å². The number of anilines is 2. The van der Waals surface area contributed by atoms with E-state index in [1.807, 2.05) is 43.3 Å². The molecule has 1 heterocycles. The second kappa shape index (κ2) is 8.26. The molecule has 2 aromatic rings. The van der Waals surface area contributed by atoms with Crippen LogP contribution in [0.15, 0.2) is 40.9 Å². The number of nitrogens with one attached hydrogen (secondary N) is 1. The van der Waals surface area contributed by atoms with E-state index < -0.39 is 0 Å². The fourth-order valence-corrected chi connectivity index (χ4v) is 4.16. The quantitative estimate of drug-likeness (QED) is 0.737. The molecule has 0 aliphatic carbocycles. The van der Waals surface area contributed by atoms with Crippen LogP contribution in [0.2, 0.25) is 0 Å². The molecule has 0 unspecified atom stereocenters. The molecule has 3 rings (SSSR count). The molecule has 1 atom stereocenters. The second-order valence-electron chi connectivity index (χ2n) is 7.03. The maximum absolute atomic E-state index is 12.8. The molecule has 2 aromatic carbocycles. The van der Waals surface area contributed by atoms with Gasteiger partial charge in [-0.05, 0) is 60.7 Å². The van der Waals surface area contributed by atoms with Crippen molar-refractivity contribution >= 4 is 39.1 Å². The topological polar surface area (TPSA) is 49.4 Å². The van der Waals surface area contributed by atoms with Crippen LogP contribution in [0.25, 0.3) is 0 Å². The summed E-state index contributed by atoms with van der Waals surface area (Å²) >= 11 is 3.51. The van der Waals surface area contributed by atoms with Gasteiger partial charge < -0.3 is 10.2 Å². The lowest BCUT2D eigenvalue weighted by Crippen LogP contribution is -2.28. The van der Waals surface area contributed by atoms with Crippen LogP contribution in [0.4, 0.5) is 11.4 Å². The highest BCUT2D eigenvalue weighted by Crippen LogP contribution is 2.29. The molecule has 1 fully saturated rings. The number of hydrogen-bond donors (Lipinski definition) is 1. The largest absolute Gasteiger partial charge is 0.325 e. The highest BCUT2D eigenvalue weighted by atomic mass is 79.9. The van der Waals surface area contributed by atoms with Crippen LogP contribution < -0.4 is 10.2 Å². The number of benzene rings is 2. The minimum atomic E-state index is -0.337. The average Bonchev–Trinajstić information content (AvgIpc) is 3.05. The van der Waals surface area contributed by atoms with Crippen molar-refractivity contribution in [1.82, 2.24) is 0 Å². The first kappa shape index (κ1) is 19.6. The van der Waals surface area contributed by atoms with E-state index in [0.29, 0.717) is 6.54 Å². The molecule has 0 radical (unpaired) electrons. The molecule has 2 amide bonds. The van der Waals surface area contributed by atoms with E-state index in [-0.39, 0.29) is 24.2 Å². The number of halogens is 1. The molecule has 0 aromatic heterocycles. The summed E-state index contributed by atoms with van der Waals surface area (Å²) in [7, 11) is 0. The van der Waals surface area contributed by atoms with Gasteiger partial charge in [0.15, 0.2) is 0 Å². The standard InChI is InChI=1S/C22H25BrN2O2/c1-4-15-6-8-19(9-7-15)25-13-17(12-20(25)26)22(27)24-21-14(3)10-18(23)11-16(21)5-2/h6-11,17H,4-5,12-13H2,1-3H3,(H,24,27)/t17-/m1/s1. The molecular formula is C22H25BrN2O2. The lowest BCUT2D eigenvalue weighted by atomic mass is 10.0. The Balaban J connectivity index is 1.74. The molecule has 1 aliphatic rings. The second-order valence-corrected chi connectivity index (χ2v) is 7.94. The third kappa shape index (κ3) is 4.24. The van der Waals surface area contributed by atoms with E-state index in [1.165, 1.54) is 5.56 Å². The van der Waals surface area contributed by atoms with Crippen molar-refractivity contribution in [2.45, 2.75) is 40.0 Å². The fourth-order valence-electron chi connectivity index (χ4n) is 3.54. The van der Waals surface area contributed by atoms with Crippen molar-refractivity contribution in [3.05, 3.63) is 57.6 Å². The summed E-state index contributed by atoms with van der Waals surface area (Å²) in [6, 6.07) is 12.0. The normalized spacial score (nSPS) is 16.7. The maximum atomic E-state index is 12.8. The van der Waals surface area contributed by atoms with Gasteiger partial charge in [-0.15, -0.1) is 0 Å². The first-order valence-corrected chi connectivity index (χ1v) is 10.2. The van der Waals surface area contributed by atoms with Crippen LogP contribution in [0, 0.1) is 12.8 Å². The monoisotopic (exact) mass is 428 g/mol. The van der Waals surface area contributed by atoms with Gasteiger partial charge in [0.05, 0.1) is 5.92 Å². The smallest absolute Gasteiger partial charge is 0.229 e. The summed E-state index contributed by atoms with van der Waals surface area (Å²) in [6.45, 7) is 6.58. The maximum Gasteiger partial charge on any atom is 0.229 e. The van der Waals surface area contributed by atoms with E-state index >= 15 is 0 Å². The Morgan fingerprint density at radius 3 is 2.52 bits per heavy atom. The zero-order chi connectivity index (χ0) is 19.6. The number of nitrogens with zero attached hydrogens (tertiary/aromatic N) is 1. The van der Waals surface area contributed by atoms with Crippen LogP contribution in [0.3, 0.4) is 0 Å². The summed E-state index contributed by atoms with van der Waals surface area (Å²) in [5, 5.41) is 3.07. The highest BCUT2D eigenvalue weighted by molar-refractivity contribution is 9.10. The molecule has 1 aliphatic heterocycles. The third-order valence-electron chi connectivity index (χ3n) is 5.16. The van der Waals surface area contributed by atoms with E-state index in [0.717, 1.165) is 39.8 Å². The summed E-state index contributed by atoms with van der Waals surface area (Å²) in [5.41, 5.74) is 5.07. The third-order valence-corrected chi connectivity index (χ3v) is 5.62.